The van der Waals surface area contributed by atoms with Crippen LogP contribution in [0, 0.1) is 17.6 Å². The second-order valence-electron chi connectivity index (χ2n) is 6.50. The fourth-order valence-electron chi connectivity index (χ4n) is 2.56. The lowest BCUT2D eigenvalue weighted by molar-refractivity contribution is -0.119. The highest BCUT2D eigenvalue weighted by Crippen LogP contribution is 2.31. The van der Waals surface area contributed by atoms with E-state index in [1.807, 2.05) is 13.8 Å². The molecule has 1 aromatic heterocycles. The molecule has 1 aromatic carbocycles. The van der Waals surface area contributed by atoms with Gasteiger partial charge in [-0.1, -0.05) is 19.9 Å². The lowest BCUT2D eigenvalue weighted by Gasteiger charge is -2.10. The zero-order valence-corrected chi connectivity index (χ0v) is 17.0. The number of anilines is 1. The molecule has 0 atom stereocenters. The van der Waals surface area contributed by atoms with Crippen LogP contribution in [-0.4, -0.2) is 31.1 Å². The SMILES string of the molecule is CCOC(=O)c1c(CC(C)C)csc1NC(=O)COC(=O)c1c(F)cccc1F. The van der Waals surface area contributed by atoms with Gasteiger partial charge in [0.1, 0.15) is 22.2 Å². The molecule has 1 heterocycles. The maximum absolute atomic E-state index is 13.6. The number of carbonyl (C=O) groups is 3. The minimum atomic E-state index is -1.30. The normalized spacial score (nSPS) is 10.7. The first-order chi connectivity index (χ1) is 13.7. The van der Waals surface area contributed by atoms with Crippen molar-refractivity contribution in [2.45, 2.75) is 27.2 Å². The number of hydrogen-bond acceptors (Lipinski definition) is 6. The number of carbonyl (C=O) groups excluding carboxylic acids is 3. The number of rotatable bonds is 8. The molecule has 0 spiro atoms. The van der Waals surface area contributed by atoms with Crippen LogP contribution in [-0.2, 0) is 20.7 Å². The Labute approximate surface area is 170 Å². The van der Waals surface area contributed by atoms with Crippen LogP contribution in [0.25, 0.3) is 0 Å². The van der Waals surface area contributed by atoms with Crippen LogP contribution in [0.15, 0.2) is 23.6 Å². The van der Waals surface area contributed by atoms with E-state index in [4.69, 9.17) is 9.47 Å². The molecule has 6 nitrogen and oxygen atoms in total. The number of ether oxygens (including phenoxy) is 2. The molecule has 0 radical (unpaired) electrons. The predicted molar refractivity (Wildman–Crippen MR) is 104 cm³/mol. The molecule has 1 N–H and O–H groups in total. The number of nitrogens with one attached hydrogen (secondary N) is 1. The first-order valence-electron chi connectivity index (χ1n) is 8.93. The molecule has 2 rings (SSSR count). The van der Waals surface area contributed by atoms with E-state index in [2.05, 4.69) is 5.32 Å². The third-order valence-corrected chi connectivity index (χ3v) is 4.67. The molecule has 0 bridgehead atoms. The average Bonchev–Trinajstić information content (AvgIpc) is 3.01. The number of esters is 2. The Bertz CT molecular complexity index is 890. The van der Waals surface area contributed by atoms with Crippen molar-refractivity contribution in [1.29, 1.82) is 0 Å². The summed E-state index contributed by atoms with van der Waals surface area (Å²) in [7, 11) is 0. The van der Waals surface area contributed by atoms with Crippen molar-refractivity contribution in [3.63, 3.8) is 0 Å². The fourth-order valence-corrected chi connectivity index (χ4v) is 3.54. The molecule has 0 unspecified atom stereocenters. The van der Waals surface area contributed by atoms with E-state index in [-0.39, 0.29) is 23.1 Å². The molecule has 0 fully saturated rings. The summed E-state index contributed by atoms with van der Waals surface area (Å²) in [6, 6.07) is 2.93. The van der Waals surface area contributed by atoms with E-state index < -0.39 is 41.7 Å². The number of benzene rings is 1. The molecule has 0 aliphatic carbocycles. The lowest BCUT2D eigenvalue weighted by atomic mass is 10.0. The predicted octanol–water partition coefficient (Wildman–Crippen LogP) is 4.20. The highest BCUT2D eigenvalue weighted by molar-refractivity contribution is 7.15. The Morgan fingerprint density at radius 3 is 2.28 bits per heavy atom. The van der Waals surface area contributed by atoms with Crippen LogP contribution >= 0.6 is 11.3 Å². The zero-order chi connectivity index (χ0) is 21.6. The number of halogens is 2. The molecule has 0 aliphatic heterocycles. The van der Waals surface area contributed by atoms with E-state index in [9.17, 15) is 23.2 Å². The molecule has 29 heavy (non-hydrogen) atoms. The zero-order valence-electron chi connectivity index (χ0n) is 16.2. The molecule has 9 heteroatoms. The summed E-state index contributed by atoms with van der Waals surface area (Å²) in [5, 5.41) is 4.51. The maximum atomic E-state index is 13.6. The van der Waals surface area contributed by atoms with Crippen LogP contribution < -0.4 is 5.32 Å². The van der Waals surface area contributed by atoms with Crippen molar-refractivity contribution in [3.8, 4) is 0 Å². The summed E-state index contributed by atoms with van der Waals surface area (Å²) in [5.41, 5.74) is 0.123. The van der Waals surface area contributed by atoms with Gasteiger partial charge in [-0.3, -0.25) is 4.79 Å². The van der Waals surface area contributed by atoms with Gasteiger partial charge < -0.3 is 14.8 Å². The van der Waals surface area contributed by atoms with Gasteiger partial charge in [-0.2, -0.15) is 0 Å². The summed E-state index contributed by atoms with van der Waals surface area (Å²) in [6.07, 6.45) is 0.613. The Morgan fingerprint density at radius 2 is 1.69 bits per heavy atom. The Hall–Kier alpha value is -2.81. The van der Waals surface area contributed by atoms with Gasteiger partial charge in [0, 0.05) is 0 Å². The van der Waals surface area contributed by atoms with Gasteiger partial charge in [-0.25, -0.2) is 18.4 Å². The van der Waals surface area contributed by atoms with Gasteiger partial charge in [0.15, 0.2) is 6.61 Å². The number of amides is 1. The molecule has 0 saturated carbocycles. The molecule has 0 aliphatic rings. The van der Waals surface area contributed by atoms with Crippen molar-refractivity contribution in [2.24, 2.45) is 5.92 Å². The largest absolute Gasteiger partial charge is 0.462 e. The number of hydrogen-bond donors (Lipinski definition) is 1. The molecular weight excluding hydrogens is 404 g/mol. The Kier molecular flexibility index (Phi) is 7.83. The third-order valence-electron chi connectivity index (χ3n) is 3.73. The highest BCUT2D eigenvalue weighted by Gasteiger charge is 2.23. The Morgan fingerprint density at radius 1 is 1.07 bits per heavy atom. The van der Waals surface area contributed by atoms with Crippen molar-refractivity contribution in [2.75, 3.05) is 18.5 Å². The monoisotopic (exact) mass is 425 g/mol. The van der Waals surface area contributed by atoms with Gasteiger partial charge in [0.2, 0.25) is 0 Å². The van der Waals surface area contributed by atoms with E-state index in [0.717, 1.165) is 35.1 Å². The molecule has 2 aromatic rings. The van der Waals surface area contributed by atoms with Gasteiger partial charge in [0.25, 0.3) is 5.91 Å². The Balaban J connectivity index is 2.09. The van der Waals surface area contributed by atoms with Gasteiger partial charge in [-0.15, -0.1) is 11.3 Å². The second-order valence-corrected chi connectivity index (χ2v) is 7.38. The molecule has 156 valence electrons. The molecular formula is C20H21F2NO5S. The summed E-state index contributed by atoms with van der Waals surface area (Å²) < 4.78 is 37.0. The lowest BCUT2D eigenvalue weighted by Crippen LogP contribution is -2.22. The third kappa shape index (κ3) is 5.83. The smallest absolute Gasteiger partial charge is 0.344 e. The minimum absolute atomic E-state index is 0.176. The quantitative estimate of drug-likeness (QED) is 0.641. The van der Waals surface area contributed by atoms with Crippen molar-refractivity contribution in [1.82, 2.24) is 0 Å². The first-order valence-corrected chi connectivity index (χ1v) is 9.81. The average molecular weight is 425 g/mol. The van der Waals surface area contributed by atoms with E-state index in [1.165, 1.54) is 0 Å². The standard InChI is InChI=1S/C20H21F2NO5S/c1-4-27-19(25)16-12(8-11(2)3)10-29-18(16)23-15(24)9-28-20(26)17-13(21)6-5-7-14(17)22/h5-7,10-11H,4,8-9H2,1-3H3,(H,23,24). The van der Waals surface area contributed by atoms with Crippen LogP contribution in [0.5, 0.6) is 0 Å². The second kappa shape index (κ2) is 10.1. The van der Waals surface area contributed by atoms with Crippen molar-refractivity contribution in [3.05, 3.63) is 51.9 Å². The summed E-state index contributed by atoms with van der Waals surface area (Å²) >= 11 is 1.14. The molecule has 1 amide bonds. The summed E-state index contributed by atoms with van der Waals surface area (Å²) in [6.45, 7) is 5.06. The highest BCUT2D eigenvalue weighted by atomic mass is 32.1. The summed E-state index contributed by atoms with van der Waals surface area (Å²) in [4.78, 5) is 36.3. The van der Waals surface area contributed by atoms with Crippen LogP contribution in [0.2, 0.25) is 0 Å². The summed E-state index contributed by atoms with van der Waals surface area (Å²) in [5.74, 6) is -4.51. The van der Waals surface area contributed by atoms with Gasteiger partial charge >= 0.3 is 11.9 Å². The number of thiophene rings is 1. The van der Waals surface area contributed by atoms with Gasteiger partial charge in [-0.05, 0) is 42.3 Å². The first kappa shape index (κ1) is 22.5. The van der Waals surface area contributed by atoms with Crippen molar-refractivity contribution >= 4 is 34.2 Å². The van der Waals surface area contributed by atoms with E-state index in [1.54, 1.807) is 12.3 Å². The van der Waals surface area contributed by atoms with Crippen LogP contribution in [0.1, 0.15) is 47.1 Å². The fraction of sp³-hybridized carbons (Fsp3) is 0.350. The molecule has 0 saturated heterocycles. The minimum Gasteiger partial charge on any atom is -0.462 e. The topological polar surface area (TPSA) is 81.7 Å². The van der Waals surface area contributed by atoms with Crippen LogP contribution in [0.3, 0.4) is 0 Å². The van der Waals surface area contributed by atoms with E-state index >= 15 is 0 Å². The van der Waals surface area contributed by atoms with Crippen molar-refractivity contribution < 1.29 is 32.6 Å². The maximum Gasteiger partial charge on any atom is 0.344 e. The van der Waals surface area contributed by atoms with Crippen LogP contribution in [0.4, 0.5) is 13.8 Å². The van der Waals surface area contributed by atoms with E-state index in [0.29, 0.717) is 6.42 Å². The van der Waals surface area contributed by atoms with Gasteiger partial charge in [0.05, 0.1) is 12.2 Å².